The van der Waals surface area contributed by atoms with Gasteiger partial charge in [-0.25, -0.2) is 4.39 Å². The molecule has 0 aliphatic heterocycles. The molecule has 1 atom stereocenters. The molecule has 1 aromatic carbocycles. The van der Waals surface area contributed by atoms with Crippen molar-refractivity contribution in [2.24, 2.45) is 5.84 Å². The van der Waals surface area contributed by atoms with Crippen LogP contribution in [0.1, 0.15) is 29.2 Å². The largest absolute Gasteiger partial charge is 0.271 e. The Morgan fingerprint density at radius 1 is 1.37 bits per heavy atom. The van der Waals surface area contributed by atoms with E-state index in [1.807, 2.05) is 24.4 Å². The molecule has 2 aromatic rings. The number of nitrogens with two attached hydrogens (primary N) is 1. The van der Waals surface area contributed by atoms with Crippen LogP contribution < -0.4 is 11.3 Å². The molecule has 0 saturated heterocycles. The number of rotatable bonds is 5. The van der Waals surface area contributed by atoms with Gasteiger partial charge < -0.3 is 0 Å². The zero-order chi connectivity index (χ0) is 13.7. The van der Waals surface area contributed by atoms with Crippen molar-refractivity contribution in [3.05, 3.63) is 65.2 Å². The molecule has 0 aliphatic rings. The number of hydrogen-bond donors (Lipinski definition) is 2. The van der Waals surface area contributed by atoms with Gasteiger partial charge in [0.05, 0.1) is 0 Å². The van der Waals surface area contributed by atoms with E-state index >= 15 is 0 Å². The lowest BCUT2D eigenvalue weighted by Gasteiger charge is -2.16. The zero-order valence-electron chi connectivity index (χ0n) is 10.9. The molecule has 0 aliphatic carbocycles. The first kappa shape index (κ1) is 13.6. The molecular formula is C15H18FN3. The molecule has 2 rings (SSSR count). The van der Waals surface area contributed by atoms with Crippen molar-refractivity contribution >= 4 is 0 Å². The summed E-state index contributed by atoms with van der Waals surface area (Å²) in [7, 11) is 0. The summed E-state index contributed by atoms with van der Waals surface area (Å²) in [5.41, 5.74) is 5.41. The molecule has 4 heteroatoms. The van der Waals surface area contributed by atoms with E-state index in [1.54, 1.807) is 25.3 Å². The fourth-order valence-corrected chi connectivity index (χ4v) is 2.03. The van der Waals surface area contributed by atoms with Gasteiger partial charge in [0.1, 0.15) is 5.82 Å². The maximum Gasteiger partial charge on any atom is 0.126 e. The average Bonchev–Trinajstić information content (AvgIpc) is 2.44. The predicted octanol–water partition coefficient (Wildman–Crippen LogP) is 2.67. The van der Waals surface area contributed by atoms with Gasteiger partial charge in [0.15, 0.2) is 0 Å². The fourth-order valence-electron chi connectivity index (χ4n) is 2.03. The van der Waals surface area contributed by atoms with Gasteiger partial charge >= 0.3 is 0 Å². The number of benzene rings is 1. The topological polar surface area (TPSA) is 50.9 Å². The number of nitrogens with one attached hydrogen (secondary N) is 1. The molecule has 1 heterocycles. The van der Waals surface area contributed by atoms with E-state index in [0.29, 0.717) is 5.56 Å². The summed E-state index contributed by atoms with van der Waals surface area (Å²) in [5.74, 6) is 5.37. The van der Waals surface area contributed by atoms with Crippen molar-refractivity contribution in [3.63, 3.8) is 0 Å². The molecule has 1 aromatic heterocycles. The predicted molar refractivity (Wildman–Crippen MR) is 73.8 cm³/mol. The molecule has 1 unspecified atom stereocenters. The zero-order valence-corrected chi connectivity index (χ0v) is 10.9. The quantitative estimate of drug-likeness (QED) is 0.641. The molecule has 100 valence electrons. The summed E-state index contributed by atoms with van der Waals surface area (Å²) >= 11 is 0. The normalized spacial score (nSPS) is 12.4. The van der Waals surface area contributed by atoms with Crippen LogP contribution in [-0.4, -0.2) is 4.98 Å². The van der Waals surface area contributed by atoms with Crippen LogP contribution in [0.25, 0.3) is 0 Å². The Morgan fingerprint density at radius 3 is 2.84 bits per heavy atom. The monoisotopic (exact) mass is 259 g/mol. The smallest absolute Gasteiger partial charge is 0.126 e. The Bertz CT molecular complexity index is 528. The van der Waals surface area contributed by atoms with E-state index in [2.05, 4.69) is 10.4 Å². The molecule has 0 amide bonds. The molecule has 0 spiro atoms. The lowest BCUT2D eigenvalue weighted by Crippen LogP contribution is -2.28. The summed E-state index contributed by atoms with van der Waals surface area (Å²) in [6, 6.07) is 9.10. The molecule has 0 saturated carbocycles. The highest BCUT2D eigenvalue weighted by Gasteiger charge is 2.11. The number of halogens is 1. The third-order valence-corrected chi connectivity index (χ3v) is 3.24. The molecule has 0 fully saturated rings. The van der Waals surface area contributed by atoms with Gasteiger partial charge in [-0.2, -0.15) is 0 Å². The van der Waals surface area contributed by atoms with Gasteiger partial charge in [0, 0.05) is 18.4 Å². The lowest BCUT2D eigenvalue weighted by molar-refractivity contribution is 0.511. The summed E-state index contributed by atoms with van der Waals surface area (Å²) in [6.07, 6.45) is 5.23. The summed E-state index contributed by atoms with van der Waals surface area (Å²) in [6.45, 7) is 1.75. The fraction of sp³-hybridized carbons (Fsp3) is 0.267. The molecule has 19 heavy (non-hydrogen) atoms. The van der Waals surface area contributed by atoms with E-state index in [4.69, 9.17) is 5.84 Å². The second kappa shape index (κ2) is 6.41. The molecule has 3 nitrogen and oxygen atoms in total. The van der Waals surface area contributed by atoms with Crippen molar-refractivity contribution in [2.75, 3.05) is 0 Å². The highest BCUT2D eigenvalue weighted by atomic mass is 19.1. The first-order valence-electron chi connectivity index (χ1n) is 6.32. The van der Waals surface area contributed by atoms with Crippen LogP contribution in [0, 0.1) is 12.7 Å². The van der Waals surface area contributed by atoms with Gasteiger partial charge in [-0.15, -0.1) is 0 Å². The molecule has 0 bridgehead atoms. The summed E-state index contributed by atoms with van der Waals surface area (Å²) in [4.78, 5) is 4.08. The highest BCUT2D eigenvalue weighted by molar-refractivity contribution is 5.26. The number of aryl methyl sites for hydroxylation is 2. The van der Waals surface area contributed by atoms with Gasteiger partial charge in [0.25, 0.3) is 0 Å². The Hall–Kier alpha value is -1.78. The van der Waals surface area contributed by atoms with Crippen LogP contribution in [0.5, 0.6) is 0 Å². The number of nitrogens with zero attached hydrogens (tertiary/aromatic N) is 1. The lowest BCUT2D eigenvalue weighted by atomic mass is 9.99. The van der Waals surface area contributed by atoms with E-state index in [9.17, 15) is 4.39 Å². The number of hydrazine groups is 1. The van der Waals surface area contributed by atoms with E-state index in [0.717, 1.165) is 24.0 Å². The van der Waals surface area contributed by atoms with Crippen LogP contribution in [0.4, 0.5) is 4.39 Å². The first-order valence-corrected chi connectivity index (χ1v) is 6.32. The third kappa shape index (κ3) is 3.59. The third-order valence-electron chi connectivity index (χ3n) is 3.24. The van der Waals surface area contributed by atoms with Crippen LogP contribution >= 0.6 is 0 Å². The Kier molecular flexibility index (Phi) is 4.60. The number of hydrogen-bond acceptors (Lipinski definition) is 3. The number of aromatic nitrogens is 1. The van der Waals surface area contributed by atoms with Crippen molar-refractivity contribution in [1.29, 1.82) is 0 Å². The molecule has 3 N–H and O–H groups in total. The van der Waals surface area contributed by atoms with Crippen molar-refractivity contribution in [3.8, 4) is 0 Å². The second-order valence-electron chi connectivity index (χ2n) is 4.63. The Labute approximate surface area is 112 Å². The standard InChI is InChI=1S/C15H18FN3/c1-11-4-6-13(9-14(11)16)15(19-17)7-5-12-3-2-8-18-10-12/h2-4,6,8-10,15,19H,5,7,17H2,1H3. The van der Waals surface area contributed by atoms with Crippen LogP contribution in [0.2, 0.25) is 0 Å². The van der Waals surface area contributed by atoms with E-state index < -0.39 is 0 Å². The summed E-state index contributed by atoms with van der Waals surface area (Å²) < 4.78 is 13.6. The number of pyridine rings is 1. The minimum atomic E-state index is -0.195. The van der Waals surface area contributed by atoms with Crippen molar-refractivity contribution < 1.29 is 4.39 Å². The van der Waals surface area contributed by atoms with Crippen LogP contribution in [0.3, 0.4) is 0 Å². The molecule has 0 radical (unpaired) electrons. The first-order chi connectivity index (χ1) is 9.20. The second-order valence-corrected chi connectivity index (χ2v) is 4.63. The van der Waals surface area contributed by atoms with Crippen molar-refractivity contribution in [2.45, 2.75) is 25.8 Å². The van der Waals surface area contributed by atoms with Crippen LogP contribution in [0.15, 0.2) is 42.7 Å². The molecular weight excluding hydrogens is 241 g/mol. The highest BCUT2D eigenvalue weighted by Crippen LogP contribution is 2.20. The van der Waals surface area contributed by atoms with E-state index in [-0.39, 0.29) is 11.9 Å². The van der Waals surface area contributed by atoms with Gasteiger partial charge in [-0.3, -0.25) is 16.3 Å². The van der Waals surface area contributed by atoms with Gasteiger partial charge in [-0.05, 0) is 48.6 Å². The average molecular weight is 259 g/mol. The van der Waals surface area contributed by atoms with Gasteiger partial charge in [0.2, 0.25) is 0 Å². The van der Waals surface area contributed by atoms with Gasteiger partial charge in [-0.1, -0.05) is 18.2 Å². The Balaban J connectivity index is 2.05. The van der Waals surface area contributed by atoms with Crippen LogP contribution in [-0.2, 0) is 6.42 Å². The maximum atomic E-state index is 13.6. The Morgan fingerprint density at radius 2 is 2.21 bits per heavy atom. The van der Waals surface area contributed by atoms with E-state index in [1.165, 1.54) is 0 Å². The minimum Gasteiger partial charge on any atom is -0.271 e. The maximum absolute atomic E-state index is 13.6. The summed E-state index contributed by atoms with van der Waals surface area (Å²) in [5, 5.41) is 0. The minimum absolute atomic E-state index is 0.0599. The SMILES string of the molecule is Cc1ccc(C(CCc2cccnc2)NN)cc1F. The van der Waals surface area contributed by atoms with Crippen molar-refractivity contribution in [1.82, 2.24) is 10.4 Å².